The van der Waals surface area contributed by atoms with Crippen LogP contribution < -0.4 is 5.32 Å². The fourth-order valence-corrected chi connectivity index (χ4v) is 5.75. The van der Waals surface area contributed by atoms with Gasteiger partial charge in [0.1, 0.15) is 5.82 Å². The molecule has 8 heteroatoms. The number of aliphatic hydroxyl groups is 1. The third-order valence-electron chi connectivity index (χ3n) is 7.67. The Balaban J connectivity index is 1.14. The van der Waals surface area contributed by atoms with E-state index in [1.165, 1.54) is 0 Å². The average molecular weight is 573 g/mol. The van der Waals surface area contributed by atoms with E-state index in [4.69, 9.17) is 4.98 Å². The number of carbonyl (C=O) groups excluding carboxylic acids is 1. The number of aromatic nitrogens is 3. The van der Waals surface area contributed by atoms with Gasteiger partial charge in [-0.05, 0) is 70.9 Å². The lowest BCUT2D eigenvalue weighted by Gasteiger charge is -2.32. The Morgan fingerprint density at radius 3 is 2.74 bits per heavy atom. The normalized spacial score (nSPS) is 20.2. The molecule has 2 aromatic carbocycles. The number of piperidine rings is 1. The predicted octanol–water partition coefficient (Wildman–Crippen LogP) is 5.70. The summed E-state index contributed by atoms with van der Waals surface area (Å²) in [6, 6.07) is 16.0. The van der Waals surface area contributed by atoms with Gasteiger partial charge in [0.2, 0.25) is 0 Å². The number of rotatable bonds is 5. The molecule has 6 rings (SSSR count). The lowest BCUT2D eigenvalue weighted by atomic mass is 9.86. The summed E-state index contributed by atoms with van der Waals surface area (Å²) < 4.78 is 2.59. The maximum Gasteiger partial charge on any atom is 0.253 e. The van der Waals surface area contributed by atoms with Gasteiger partial charge >= 0.3 is 0 Å². The molecule has 38 heavy (non-hydrogen) atoms. The first-order valence-electron chi connectivity index (χ1n) is 13.1. The van der Waals surface area contributed by atoms with E-state index in [0.717, 1.165) is 70.4 Å². The van der Waals surface area contributed by atoms with Crippen LogP contribution in [0.4, 0.5) is 5.82 Å². The molecule has 194 valence electrons. The molecule has 1 saturated heterocycles. The Morgan fingerprint density at radius 2 is 1.95 bits per heavy atom. The first-order valence-corrected chi connectivity index (χ1v) is 13.8. The number of nitrogens with zero attached hydrogens (tertiary/aromatic N) is 4. The number of halogens is 1. The van der Waals surface area contributed by atoms with Crippen molar-refractivity contribution in [2.75, 3.05) is 25.0 Å². The monoisotopic (exact) mass is 571 g/mol. The van der Waals surface area contributed by atoms with Gasteiger partial charge in [-0.25, -0.2) is 4.98 Å². The highest BCUT2D eigenvalue weighted by Crippen LogP contribution is 2.34. The van der Waals surface area contributed by atoms with Crippen LogP contribution in [0.15, 0.2) is 77.4 Å². The van der Waals surface area contributed by atoms with Crippen LogP contribution in [-0.2, 0) is 0 Å². The highest BCUT2D eigenvalue weighted by molar-refractivity contribution is 9.10. The van der Waals surface area contributed by atoms with Gasteiger partial charge in [0, 0.05) is 36.8 Å². The maximum absolute atomic E-state index is 13.2. The quantitative estimate of drug-likeness (QED) is 0.321. The van der Waals surface area contributed by atoms with Crippen molar-refractivity contribution < 1.29 is 9.90 Å². The fraction of sp³-hybridized carbons (Fsp3) is 0.300. The van der Waals surface area contributed by atoms with Crippen LogP contribution in [0.5, 0.6) is 0 Å². The number of likely N-dealkylation sites (tertiary alicyclic amines) is 1. The van der Waals surface area contributed by atoms with Gasteiger partial charge in [-0.3, -0.25) is 4.79 Å². The molecule has 7 nitrogen and oxygen atoms in total. The van der Waals surface area contributed by atoms with Crippen LogP contribution in [0, 0.1) is 5.92 Å². The molecular weight excluding hydrogens is 542 g/mol. The van der Waals surface area contributed by atoms with Crippen LogP contribution >= 0.6 is 15.9 Å². The van der Waals surface area contributed by atoms with Gasteiger partial charge in [-0.1, -0.05) is 48.6 Å². The van der Waals surface area contributed by atoms with Crippen LogP contribution in [0.1, 0.15) is 42.2 Å². The van der Waals surface area contributed by atoms with E-state index in [1.54, 1.807) is 10.7 Å². The maximum atomic E-state index is 13.2. The molecule has 1 atom stereocenters. The number of anilines is 1. The van der Waals surface area contributed by atoms with Gasteiger partial charge in [0.05, 0.1) is 22.0 Å². The zero-order valence-electron chi connectivity index (χ0n) is 21.3. The van der Waals surface area contributed by atoms with E-state index in [2.05, 4.69) is 32.4 Å². The van der Waals surface area contributed by atoms with Crippen molar-refractivity contribution in [1.29, 1.82) is 0 Å². The summed E-state index contributed by atoms with van der Waals surface area (Å²) in [6.07, 6.45) is 10.0. The SMILES string of the molecule is CC1(O)CC=CC=C1c1cc(NCC2CCN(C(=O)c3ccc4ccccc4c3)CC2)n2ncc(Br)c2n1. The van der Waals surface area contributed by atoms with Gasteiger partial charge in [-0.15, -0.1) is 0 Å². The van der Waals surface area contributed by atoms with Crippen molar-refractivity contribution in [3.63, 3.8) is 0 Å². The van der Waals surface area contributed by atoms with E-state index in [0.29, 0.717) is 18.0 Å². The van der Waals surface area contributed by atoms with Gasteiger partial charge in [-0.2, -0.15) is 9.61 Å². The number of hydrogen-bond donors (Lipinski definition) is 2. The van der Waals surface area contributed by atoms with E-state index in [9.17, 15) is 9.90 Å². The zero-order chi connectivity index (χ0) is 26.3. The Morgan fingerprint density at radius 1 is 1.16 bits per heavy atom. The topological polar surface area (TPSA) is 82.8 Å². The lowest BCUT2D eigenvalue weighted by molar-refractivity contribution is 0.0695. The number of allylic oxidation sites excluding steroid dienone is 2. The van der Waals surface area contributed by atoms with Crippen molar-refractivity contribution in [1.82, 2.24) is 19.5 Å². The van der Waals surface area contributed by atoms with Crippen molar-refractivity contribution in [3.8, 4) is 0 Å². The van der Waals surface area contributed by atoms with Gasteiger partial charge in [0.15, 0.2) is 5.65 Å². The fourth-order valence-electron chi connectivity index (χ4n) is 5.41. The molecule has 2 N–H and O–H groups in total. The second kappa shape index (κ2) is 10.0. The Labute approximate surface area is 230 Å². The van der Waals surface area contributed by atoms with Crippen molar-refractivity contribution in [2.45, 2.75) is 31.8 Å². The average Bonchev–Trinajstić information content (AvgIpc) is 3.31. The lowest BCUT2D eigenvalue weighted by Crippen LogP contribution is -2.40. The predicted molar refractivity (Wildman–Crippen MR) is 154 cm³/mol. The second-order valence-corrected chi connectivity index (χ2v) is 11.3. The molecule has 0 spiro atoms. The minimum absolute atomic E-state index is 0.103. The van der Waals surface area contributed by atoms with Crippen LogP contribution in [-0.4, -0.2) is 55.7 Å². The zero-order valence-corrected chi connectivity index (χ0v) is 22.9. The summed E-state index contributed by atoms with van der Waals surface area (Å²) in [6.45, 7) is 4.07. The summed E-state index contributed by atoms with van der Waals surface area (Å²) in [7, 11) is 0. The summed E-state index contributed by atoms with van der Waals surface area (Å²) in [5.74, 6) is 1.36. The summed E-state index contributed by atoms with van der Waals surface area (Å²) in [5.41, 5.74) is 1.99. The minimum atomic E-state index is -0.978. The molecule has 0 radical (unpaired) electrons. The van der Waals surface area contributed by atoms with E-state index >= 15 is 0 Å². The van der Waals surface area contributed by atoms with Crippen LogP contribution in [0.25, 0.3) is 22.0 Å². The Bertz CT molecular complexity index is 1580. The standard InChI is InChI=1S/C30H30BrN5O2/c1-30(38)13-5-4-8-24(30)26-17-27(36-28(34-26)25(31)19-33-36)32-18-20-11-14-35(15-12-20)29(37)23-10-9-21-6-2-3-7-22(21)16-23/h2-10,16-17,19-20,32,38H,11-15,18H2,1H3. The molecule has 2 aromatic heterocycles. The third kappa shape index (κ3) is 4.74. The third-order valence-corrected chi connectivity index (χ3v) is 8.23. The van der Waals surface area contributed by atoms with Crippen molar-refractivity contribution in [3.05, 3.63) is 88.7 Å². The first kappa shape index (κ1) is 24.8. The second-order valence-electron chi connectivity index (χ2n) is 10.4. The molecule has 0 bridgehead atoms. The molecule has 1 unspecified atom stereocenters. The van der Waals surface area contributed by atoms with Crippen LogP contribution in [0.2, 0.25) is 0 Å². The van der Waals surface area contributed by atoms with Gasteiger partial charge in [0.25, 0.3) is 5.91 Å². The molecule has 0 saturated carbocycles. The Kier molecular flexibility index (Phi) is 6.53. The molecule has 1 fully saturated rings. The smallest absolute Gasteiger partial charge is 0.253 e. The van der Waals surface area contributed by atoms with Crippen LogP contribution in [0.3, 0.4) is 0 Å². The molecule has 4 aromatic rings. The molecule has 1 aliphatic heterocycles. The number of benzene rings is 2. The molecule has 1 aliphatic carbocycles. The summed E-state index contributed by atoms with van der Waals surface area (Å²) >= 11 is 3.56. The van der Waals surface area contributed by atoms with E-state index < -0.39 is 5.60 Å². The highest BCUT2D eigenvalue weighted by atomic mass is 79.9. The van der Waals surface area contributed by atoms with E-state index in [-0.39, 0.29) is 5.91 Å². The Hall–Kier alpha value is -3.49. The summed E-state index contributed by atoms with van der Waals surface area (Å²) in [5, 5.41) is 21.3. The largest absolute Gasteiger partial charge is 0.385 e. The minimum Gasteiger partial charge on any atom is -0.385 e. The van der Waals surface area contributed by atoms with Gasteiger partial charge < -0.3 is 15.3 Å². The van der Waals surface area contributed by atoms with E-state index in [1.807, 2.05) is 72.5 Å². The molecule has 3 heterocycles. The first-order chi connectivity index (χ1) is 18.4. The number of hydrogen-bond acceptors (Lipinski definition) is 5. The van der Waals surface area contributed by atoms with Crippen molar-refractivity contribution >= 4 is 49.6 Å². The number of fused-ring (bicyclic) bond motifs is 2. The molecule has 2 aliphatic rings. The number of nitrogens with one attached hydrogen (secondary N) is 1. The highest BCUT2D eigenvalue weighted by Gasteiger charge is 2.29. The number of amides is 1. The van der Waals surface area contributed by atoms with Crippen molar-refractivity contribution in [2.24, 2.45) is 5.92 Å². The summed E-state index contributed by atoms with van der Waals surface area (Å²) in [4.78, 5) is 19.9. The molecular formula is C30H30BrN5O2. The number of carbonyl (C=O) groups is 1. The molecule has 1 amide bonds.